The van der Waals surface area contributed by atoms with Crippen LogP contribution in [-0.2, 0) is 0 Å². The number of nitrogens with two attached hydrogens (primary N) is 1. The number of imidazole rings is 1. The number of aromatic nitrogens is 2. The van der Waals surface area contributed by atoms with Crippen molar-refractivity contribution in [3.8, 4) is 0 Å². The predicted molar refractivity (Wildman–Crippen MR) is 78.7 cm³/mol. The fourth-order valence-corrected chi connectivity index (χ4v) is 5.37. The van der Waals surface area contributed by atoms with Crippen molar-refractivity contribution in [2.45, 2.75) is 25.3 Å². The molecule has 5 rings (SSSR count). The topological polar surface area (TPSA) is 43.8 Å². The molecule has 3 saturated carbocycles. The summed E-state index contributed by atoms with van der Waals surface area (Å²) < 4.78 is 3.43. The highest BCUT2D eigenvalue weighted by molar-refractivity contribution is 9.10. The van der Waals surface area contributed by atoms with Gasteiger partial charge in [-0.2, -0.15) is 0 Å². The average Bonchev–Trinajstić information content (AvgIpc) is 2.75. The van der Waals surface area contributed by atoms with Crippen LogP contribution in [0, 0.1) is 23.7 Å². The Balaban J connectivity index is 1.66. The fourth-order valence-electron chi connectivity index (χ4n) is 5.02. The molecule has 3 nitrogen and oxygen atoms in total. The van der Waals surface area contributed by atoms with Gasteiger partial charge in [0.15, 0.2) is 0 Å². The lowest BCUT2D eigenvalue weighted by Gasteiger charge is -2.12. The Labute approximate surface area is 120 Å². The van der Waals surface area contributed by atoms with E-state index in [1.807, 2.05) is 6.07 Å². The van der Waals surface area contributed by atoms with E-state index in [0.717, 1.165) is 33.7 Å². The summed E-state index contributed by atoms with van der Waals surface area (Å²) in [6, 6.07) is 6.88. The first-order valence-electron chi connectivity index (χ1n) is 7.17. The largest absolute Gasteiger partial charge is 0.369 e. The number of rotatable bonds is 1. The zero-order valence-corrected chi connectivity index (χ0v) is 12.2. The maximum atomic E-state index is 6.20. The second-order valence-electron chi connectivity index (χ2n) is 6.45. The Hall–Kier alpha value is -1.03. The molecule has 4 unspecified atom stereocenters. The molecule has 2 N–H and O–H groups in total. The molecule has 0 spiro atoms. The molecule has 4 heteroatoms. The van der Waals surface area contributed by atoms with E-state index in [1.165, 1.54) is 24.8 Å². The maximum absolute atomic E-state index is 6.20. The molecule has 98 valence electrons. The van der Waals surface area contributed by atoms with Crippen LogP contribution in [-0.4, -0.2) is 9.55 Å². The lowest BCUT2D eigenvalue weighted by Crippen LogP contribution is -2.08. The predicted octanol–water partition coefficient (Wildman–Crippen LogP) is 3.60. The quantitative estimate of drug-likeness (QED) is 0.873. The Morgan fingerprint density at radius 3 is 2.68 bits per heavy atom. The van der Waals surface area contributed by atoms with Crippen molar-refractivity contribution in [1.29, 1.82) is 0 Å². The minimum atomic E-state index is 0.630. The molecule has 4 atom stereocenters. The lowest BCUT2D eigenvalue weighted by molar-refractivity contribution is 0.456. The molecule has 2 aromatic rings. The third-order valence-corrected chi connectivity index (χ3v) is 6.16. The van der Waals surface area contributed by atoms with Crippen molar-refractivity contribution in [3.05, 3.63) is 22.7 Å². The van der Waals surface area contributed by atoms with Crippen LogP contribution in [0.1, 0.15) is 25.3 Å². The molecule has 0 aliphatic heterocycles. The Morgan fingerprint density at radius 2 is 1.95 bits per heavy atom. The molecule has 2 bridgehead atoms. The number of hydrogen-bond acceptors (Lipinski definition) is 2. The van der Waals surface area contributed by atoms with Gasteiger partial charge in [0, 0.05) is 10.5 Å². The van der Waals surface area contributed by atoms with E-state index in [-0.39, 0.29) is 0 Å². The summed E-state index contributed by atoms with van der Waals surface area (Å²) in [7, 11) is 0. The highest BCUT2D eigenvalue weighted by Gasteiger charge is 2.66. The number of hydrogen-bond donors (Lipinski definition) is 1. The molecule has 1 heterocycles. The highest BCUT2D eigenvalue weighted by Crippen LogP contribution is 2.72. The van der Waals surface area contributed by atoms with Gasteiger partial charge in [0.2, 0.25) is 5.95 Å². The van der Waals surface area contributed by atoms with Crippen molar-refractivity contribution >= 4 is 32.9 Å². The third-order valence-electron chi connectivity index (χ3n) is 5.67. The molecular formula is C15H16BrN3. The van der Waals surface area contributed by atoms with Crippen LogP contribution in [0.2, 0.25) is 0 Å². The van der Waals surface area contributed by atoms with Crippen LogP contribution < -0.4 is 5.73 Å². The third kappa shape index (κ3) is 1.26. The Bertz CT molecular complexity index is 676. The molecule has 0 radical (unpaired) electrons. The first kappa shape index (κ1) is 10.7. The monoisotopic (exact) mass is 317 g/mol. The fraction of sp³-hybridized carbons (Fsp3) is 0.533. The molecule has 3 aliphatic rings. The number of fused-ring (bicyclic) bond motifs is 6. The lowest BCUT2D eigenvalue weighted by atomic mass is 10.0. The number of nitrogen functional groups attached to an aromatic ring is 1. The molecule has 0 saturated heterocycles. The summed E-state index contributed by atoms with van der Waals surface area (Å²) in [6.07, 6.45) is 4.36. The van der Waals surface area contributed by atoms with E-state index in [9.17, 15) is 0 Å². The summed E-state index contributed by atoms with van der Waals surface area (Å²) in [6.45, 7) is 0. The van der Waals surface area contributed by atoms with E-state index in [1.54, 1.807) is 0 Å². The van der Waals surface area contributed by atoms with E-state index < -0.39 is 0 Å². The maximum Gasteiger partial charge on any atom is 0.201 e. The van der Waals surface area contributed by atoms with Gasteiger partial charge in [-0.15, -0.1) is 0 Å². The summed E-state index contributed by atoms with van der Waals surface area (Å²) in [5, 5.41) is 0. The number of anilines is 1. The number of nitrogens with zero attached hydrogens (tertiary/aromatic N) is 2. The van der Waals surface area contributed by atoms with Gasteiger partial charge in [0.25, 0.3) is 0 Å². The van der Waals surface area contributed by atoms with Gasteiger partial charge < -0.3 is 10.3 Å². The van der Waals surface area contributed by atoms with Crippen LogP contribution in [0.5, 0.6) is 0 Å². The second kappa shape index (κ2) is 3.35. The van der Waals surface area contributed by atoms with Crippen LogP contribution in [0.25, 0.3) is 11.0 Å². The van der Waals surface area contributed by atoms with Crippen LogP contribution in [0.4, 0.5) is 5.95 Å². The zero-order chi connectivity index (χ0) is 12.7. The van der Waals surface area contributed by atoms with Crippen LogP contribution in [0.15, 0.2) is 22.7 Å². The minimum absolute atomic E-state index is 0.630. The van der Waals surface area contributed by atoms with E-state index >= 15 is 0 Å². The summed E-state index contributed by atoms with van der Waals surface area (Å²) in [5.74, 6) is 4.40. The smallest absolute Gasteiger partial charge is 0.201 e. The standard InChI is InChI=1S/C15H16BrN3/c16-9-3-4-10-11(6-9)19(15(17)18-10)14-12-7-1-2-8(5-7)13(12)14/h3-4,6-8,12-14H,1-2,5H2,(H2,17,18). The van der Waals surface area contributed by atoms with Crippen molar-refractivity contribution < 1.29 is 0 Å². The molecule has 0 amide bonds. The molecule has 3 aliphatic carbocycles. The Kier molecular flexibility index (Phi) is 1.89. The summed E-state index contributed by atoms with van der Waals surface area (Å²) >= 11 is 3.56. The van der Waals surface area contributed by atoms with E-state index in [0.29, 0.717) is 12.0 Å². The van der Waals surface area contributed by atoms with Gasteiger partial charge in [-0.25, -0.2) is 4.98 Å². The Morgan fingerprint density at radius 1 is 1.21 bits per heavy atom. The SMILES string of the molecule is Nc1nc2ccc(Br)cc2n1C1C2C3CCC(C3)C21. The molecule has 1 aromatic heterocycles. The second-order valence-corrected chi connectivity index (χ2v) is 7.37. The van der Waals surface area contributed by atoms with Gasteiger partial charge in [0.1, 0.15) is 0 Å². The average molecular weight is 318 g/mol. The van der Waals surface area contributed by atoms with Gasteiger partial charge >= 0.3 is 0 Å². The van der Waals surface area contributed by atoms with Gasteiger partial charge in [-0.3, -0.25) is 0 Å². The van der Waals surface area contributed by atoms with Crippen molar-refractivity contribution in [2.24, 2.45) is 23.7 Å². The molecule has 19 heavy (non-hydrogen) atoms. The van der Waals surface area contributed by atoms with Crippen molar-refractivity contribution in [2.75, 3.05) is 5.73 Å². The number of halogens is 1. The van der Waals surface area contributed by atoms with Crippen LogP contribution >= 0.6 is 15.9 Å². The first-order chi connectivity index (χ1) is 9.24. The molecule has 1 aromatic carbocycles. The molecule has 3 fully saturated rings. The van der Waals surface area contributed by atoms with E-state index in [4.69, 9.17) is 5.73 Å². The van der Waals surface area contributed by atoms with Crippen LogP contribution in [0.3, 0.4) is 0 Å². The minimum Gasteiger partial charge on any atom is -0.369 e. The molecular weight excluding hydrogens is 302 g/mol. The summed E-state index contributed by atoms with van der Waals surface area (Å²) in [5.41, 5.74) is 8.42. The van der Waals surface area contributed by atoms with E-state index in [2.05, 4.69) is 37.6 Å². The van der Waals surface area contributed by atoms with Gasteiger partial charge in [-0.05, 0) is 61.1 Å². The normalized spacial score (nSPS) is 38.9. The summed E-state index contributed by atoms with van der Waals surface area (Å²) in [4.78, 5) is 4.53. The van der Waals surface area contributed by atoms with Gasteiger partial charge in [-0.1, -0.05) is 15.9 Å². The number of benzene rings is 1. The first-order valence-corrected chi connectivity index (χ1v) is 7.96. The highest BCUT2D eigenvalue weighted by atomic mass is 79.9. The van der Waals surface area contributed by atoms with Crippen molar-refractivity contribution in [3.63, 3.8) is 0 Å². The van der Waals surface area contributed by atoms with Crippen molar-refractivity contribution in [1.82, 2.24) is 9.55 Å². The van der Waals surface area contributed by atoms with Gasteiger partial charge in [0.05, 0.1) is 11.0 Å². The zero-order valence-electron chi connectivity index (χ0n) is 10.6.